The van der Waals surface area contributed by atoms with Gasteiger partial charge in [0.2, 0.25) is 10.5 Å². The van der Waals surface area contributed by atoms with Gasteiger partial charge in [-0.05, 0) is 6.07 Å². The van der Waals surface area contributed by atoms with Crippen molar-refractivity contribution in [1.82, 2.24) is 0 Å². The van der Waals surface area contributed by atoms with Gasteiger partial charge in [-0.15, -0.1) is 0 Å². The topological polar surface area (TPSA) is 24.1 Å². The van der Waals surface area contributed by atoms with Gasteiger partial charge in [-0.25, -0.2) is 0 Å². The molecule has 1 heterocycles. The summed E-state index contributed by atoms with van der Waals surface area (Å²) in [5.41, 5.74) is 1.22. The molecule has 0 aliphatic carbocycles. The number of aromatic nitrogens is 1. The Morgan fingerprint density at radius 2 is 2.07 bits per heavy atom. The van der Waals surface area contributed by atoms with Crippen LogP contribution >= 0.6 is 11.3 Å². The number of aryl methyl sites for hydroxylation is 1. The van der Waals surface area contributed by atoms with Crippen molar-refractivity contribution in [3.05, 3.63) is 29.3 Å². The number of nitrogens with zero attached hydrogens (tertiary/aromatic N) is 1. The lowest BCUT2D eigenvalue weighted by Crippen LogP contribution is -3.00. The van der Waals surface area contributed by atoms with Gasteiger partial charge in [-0.1, -0.05) is 23.5 Å². The van der Waals surface area contributed by atoms with Crippen molar-refractivity contribution >= 4 is 21.6 Å². The van der Waals surface area contributed by atoms with Crippen LogP contribution in [-0.4, -0.2) is 11.7 Å². The molecule has 1 N–H and O–H groups in total. The van der Waals surface area contributed by atoms with Crippen molar-refractivity contribution < 1.29 is 33.7 Å². The van der Waals surface area contributed by atoms with E-state index in [0.717, 1.165) is 0 Å². The predicted octanol–water partition coefficient (Wildman–Crippen LogP) is -1.51. The van der Waals surface area contributed by atoms with Crippen molar-refractivity contribution in [3.63, 3.8) is 0 Å². The Balaban J connectivity index is 0.000000980. The number of fused-ring (bicyclic) bond motifs is 1. The third-order valence-corrected chi connectivity index (χ3v) is 3.20. The van der Waals surface area contributed by atoms with Crippen molar-refractivity contribution in [2.45, 2.75) is 13.5 Å². The number of benzene rings is 1. The molecule has 0 aliphatic heterocycles. The lowest BCUT2D eigenvalue weighted by molar-refractivity contribution is -0.674. The van der Waals surface area contributed by atoms with Gasteiger partial charge in [0, 0.05) is 13.0 Å². The van der Waals surface area contributed by atoms with Crippen LogP contribution in [0.25, 0.3) is 10.2 Å². The summed E-state index contributed by atoms with van der Waals surface area (Å²) in [4.78, 5) is 0. The number of hydrogen-bond donors (Lipinski definition) is 1. The van der Waals surface area contributed by atoms with E-state index in [4.69, 9.17) is 5.11 Å². The molecule has 1 aromatic heterocycles. The average Bonchev–Trinajstić information content (AvgIpc) is 2.44. The van der Waals surface area contributed by atoms with E-state index in [2.05, 4.69) is 23.6 Å². The number of halogens is 1. The van der Waals surface area contributed by atoms with Crippen molar-refractivity contribution in [2.24, 2.45) is 0 Å². The van der Waals surface area contributed by atoms with E-state index in [-0.39, 0.29) is 30.6 Å². The monoisotopic (exact) mass is 321 g/mol. The molecule has 0 saturated carbocycles. The molecule has 0 atom stereocenters. The lowest BCUT2D eigenvalue weighted by atomic mass is 10.3. The molecule has 14 heavy (non-hydrogen) atoms. The van der Waals surface area contributed by atoms with E-state index in [1.807, 2.05) is 12.1 Å². The molecule has 2 aromatic rings. The van der Waals surface area contributed by atoms with Gasteiger partial charge in [0.25, 0.3) is 0 Å². The molecule has 0 bridgehead atoms. The van der Waals surface area contributed by atoms with Crippen LogP contribution in [-0.2, 0) is 6.54 Å². The van der Waals surface area contributed by atoms with Crippen LogP contribution in [0.2, 0.25) is 0 Å². The minimum absolute atomic E-state index is 0. The summed E-state index contributed by atoms with van der Waals surface area (Å²) in [7, 11) is 0. The maximum atomic E-state index is 8.91. The summed E-state index contributed by atoms with van der Waals surface area (Å²) in [5, 5.41) is 10.2. The Kier molecular flexibility index (Phi) is 4.28. The van der Waals surface area contributed by atoms with Gasteiger partial charge in [0.05, 0.1) is 0 Å². The zero-order valence-corrected chi connectivity index (χ0v) is 10.9. The molecule has 2 nitrogen and oxygen atoms in total. The minimum atomic E-state index is 0. The van der Waals surface area contributed by atoms with Gasteiger partial charge in [-0.3, -0.25) is 0 Å². The third kappa shape index (κ3) is 2.07. The second-order valence-electron chi connectivity index (χ2n) is 2.96. The summed E-state index contributed by atoms with van der Waals surface area (Å²) >= 11 is 1.77. The molecule has 0 fully saturated rings. The summed E-state index contributed by atoms with van der Waals surface area (Å²) in [6.45, 7) is 2.97. The molecule has 0 radical (unpaired) electrons. The molecule has 0 aliphatic rings. The second-order valence-corrected chi connectivity index (χ2v) is 4.20. The Morgan fingerprint density at radius 1 is 1.36 bits per heavy atom. The quantitative estimate of drug-likeness (QED) is 0.528. The van der Waals surface area contributed by atoms with Gasteiger partial charge in [-0.2, -0.15) is 4.57 Å². The number of aliphatic hydroxyl groups is 1. The fourth-order valence-electron chi connectivity index (χ4n) is 1.53. The third-order valence-electron chi connectivity index (χ3n) is 2.12. The SMILES string of the molecule is Cc1sc2ccccc2[n+]1CCO.[I-]. The van der Waals surface area contributed by atoms with Crippen LogP contribution in [0.3, 0.4) is 0 Å². The summed E-state index contributed by atoms with van der Waals surface area (Å²) < 4.78 is 3.44. The highest BCUT2D eigenvalue weighted by molar-refractivity contribution is 7.18. The molecule has 76 valence electrons. The number of aliphatic hydroxyl groups excluding tert-OH is 1. The first-order valence-electron chi connectivity index (χ1n) is 4.32. The summed E-state index contributed by atoms with van der Waals surface area (Å²) in [6.07, 6.45) is 0. The van der Waals surface area contributed by atoms with E-state index in [0.29, 0.717) is 6.54 Å². The summed E-state index contributed by atoms with van der Waals surface area (Å²) in [6, 6.07) is 8.28. The van der Waals surface area contributed by atoms with E-state index in [1.165, 1.54) is 15.2 Å². The molecule has 0 amide bonds. The van der Waals surface area contributed by atoms with Crippen molar-refractivity contribution in [1.29, 1.82) is 0 Å². The van der Waals surface area contributed by atoms with E-state index in [1.54, 1.807) is 11.3 Å². The van der Waals surface area contributed by atoms with Crippen molar-refractivity contribution in [3.8, 4) is 0 Å². The Hall–Kier alpha value is -0.200. The smallest absolute Gasteiger partial charge is 0.235 e. The van der Waals surface area contributed by atoms with Gasteiger partial charge in [0.15, 0.2) is 6.54 Å². The van der Waals surface area contributed by atoms with Crippen LogP contribution < -0.4 is 28.5 Å². The van der Waals surface area contributed by atoms with Gasteiger partial charge < -0.3 is 29.1 Å². The number of rotatable bonds is 2. The lowest BCUT2D eigenvalue weighted by Gasteiger charge is -1.91. The maximum absolute atomic E-state index is 8.91. The standard InChI is InChI=1S/C10H12NOS.HI/c1-8-11(6-7-12)9-4-2-3-5-10(9)13-8;/h2-5,12H,6-7H2,1H3;1H/q+1;/p-1. The largest absolute Gasteiger partial charge is 1.00 e. The highest BCUT2D eigenvalue weighted by Gasteiger charge is 2.14. The minimum Gasteiger partial charge on any atom is -1.00 e. The zero-order valence-electron chi connectivity index (χ0n) is 7.90. The second kappa shape index (κ2) is 5.04. The first-order valence-corrected chi connectivity index (χ1v) is 5.13. The predicted molar refractivity (Wildman–Crippen MR) is 53.8 cm³/mol. The number of hydrogen-bond acceptors (Lipinski definition) is 2. The number of para-hydroxylation sites is 1. The number of thiazole rings is 1. The fraction of sp³-hybridized carbons (Fsp3) is 0.300. The molecule has 2 rings (SSSR count). The Labute approximate surface area is 104 Å². The van der Waals surface area contributed by atoms with Crippen LogP contribution in [0.5, 0.6) is 0 Å². The summed E-state index contributed by atoms with van der Waals surface area (Å²) in [5.74, 6) is 0. The van der Waals surface area contributed by atoms with Gasteiger partial charge >= 0.3 is 0 Å². The van der Waals surface area contributed by atoms with Crippen molar-refractivity contribution in [2.75, 3.05) is 6.61 Å². The molecule has 0 spiro atoms. The van der Waals surface area contributed by atoms with Gasteiger partial charge in [0.1, 0.15) is 11.3 Å². The van der Waals surface area contributed by atoms with E-state index in [9.17, 15) is 0 Å². The highest BCUT2D eigenvalue weighted by Crippen LogP contribution is 2.18. The van der Waals surface area contributed by atoms with Crippen LogP contribution in [0, 0.1) is 6.92 Å². The zero-order chi connectivity index (χ0) is 9.26. The fourth-order valence-corrected chi connectivity index (χ4v) is 2.58. The molecule has 0 saturated heterocycles. The van der Waals surface area contributed by atoms with Crippen LogP contribution in [0.1, 0.15) is 5.01 Å². The highest BCUT2D eigenvalue weighted by atomic mass is 127. The maximum Gasteiger partial charge on any atom is 0.235 e. The molecule has 0 unspecified atom stereocenters. The van der Waals surface area contributed by atoms with Crippen LogP contribution in [0.4, 0.5) is 0 Å². The van der Waals surface area contributed by atoms with Crippen LogP contribution in [0.15, 0.2) is 24.3 Å². The molecule has 1 aromatic carbocycles. The normalized spacial score (nSPS) is 10.1. The first kappa shape index (κ1) is 11.9. The Morgan fingerprint density at radius 3 is 2.79 bits per heavy atom. The Bertz CT molecular complexity index is 427. The molecular weight excluding hydrogens is 309 g/mol. The molecule has 4 heteroatoms. The van der Waals surface area contributed by atoms with E-state index < -0.39 is 0 Å². The molecular formula is C10H12INOS. The average molecular weight is 321 g/mol. The van der Waals surface area contributed by atoms with E-state index >= 15 is 0 Å². The first-order chi connectivity index (χ1) is 6.33.